The summed E-state index contributed by atoms with van der Waals surface area (Å²) in [5, 5.41) is 11.1. The number of aliphatic imine (C=N–C) groups is 1. The van der Waals surface area contributed by atoms with Crippen molar-refractivity contribution in [2.24, 2.45) is 4.99 Å². The fourth-order valence-corrected chi connectivity index (χ4v) is 2.89. The summed E-state index contributed by atoms with van der Waals surface area (Å²) in [6.45, 7) is 7.22. The van der Waals surface area contributed by atoms with E-state index >= 15 is 0 Å². The van der Waals surface area contributed by atoms with Gasteiger partial charge in [-0.1, -0.05) is 0 Å². The smallest absolute Gasteiger partial charge is 0.407 e. The average molecular weight is 391 g/mol. The summed E-state index contributed by atoms with van der Waals surface area (Å²) in [5.41, 5.74) is -0.482. The molecular weight excluding hydrogens is 368 g/mol. The molecule has 1 aromatic heterocycles. The highest BCUT2D eigenvalue weighted by molar-refractivity contribution is 9.10. The van der Waals surface area contributed by atoms with Gasteiger partial charge in [0.05, 0.1) is 6.54 Å². The van der Waals surface area contributed by atoms with Gasteiger partial charge >= 0.3 is 6.09 Å². The topological polar surface area (TPSA) is 74.8 Å². The second-order valence-electron chi connectivity index (χ2n) is 5.51. The van der Waals surface area contributed by atoms with Crippen molar-refractivity contribution in [1.82, 2.24) is 16.0 Å². The van der Waals surface area contributed by atoms with Crippen LogP contribution in [0.25, 0.3) is 0 Å². The van der Waals surface area contributed by atoms with Crippen molar-refractivity contribution in [3.05, 3.63) is 20.8 Å². The summed E-state index contributed by atoms with van der Waals surface area (Å²) in [6, 6.07) is 2.06. The third-order valence-electron chi connectivity index (χ3n) is 2.36. The first kappa shape index (κ1) is 18.8. The lowest BCUT2D eigenvalue weighted by molar-refractivity contribution is 0.0529. The fraction of sp³-hybridized carbons (Fsp3) is 0.571. The summed E-state index contributed by atoms with van der Waals surface area (Å²) in [6.07, 6.45) is -0.416. The van der Waals surface area contributed by atoms with Gasteiger partial charge in [-0.2, -0.15) is 0 Å². The molecule has 0 unspecified atom stereocenters. The van der Waals surface area contributed by atoms with E-state index in [9.17, 15) is 4.79 Å². The molecule has 22 heavy (non-hydrogen) atoms. The monoisotopic (exact) mass is 390 g/mol. The normalized spacial score (nSPS) is 12.0. The summed E-state index contributed by atoms with van der Waals surface area (Å²) in [5.74, 6) is 0.690. The molecule has 0 atom stereocenters. The van der Waals surface area contributed by atoms with Crippen molar-refractivity contribution >= 4 is 39.3 Å². The number of ether oxygens (including phenoxy) is 1. The minimum absolute atomic E-state index is 0.416. The maximum atomic E-state index is 11.5. The van der Waals surface area contributed by atoms with Crippen LogP contribution in [0.5, 0.6) is 0 Å². The summed E-state index contributed by atoms with van der Waals surface area (Å²) < 4.78 is 6.23. The number of nitrogens with one attached hydrogen (secondary N) is 3. The van der Waals surface area contributed by atoms with Crippen LogP contribution in [0.3, 0.4) is 0 Å². The summed E-state index contributed by atoms with van der Waals surface area (Å²) in [7, 11) is 1.71. The van der Waals surface area contributed by atoms with E-state index in [-0.39, 0.29) is 0 Å². The molecule has 0 radical (unpaired) electrons. The highest BCUT2D eigenvalue weighted by Crippen LogP contribution is 2.19. The standard InChI is InChI=1S/C14H23BrN4O2S/c1-14(2,3)21-13(20)18-6-5-17-12(16-4)19-8-11-7-10(15)9-22-11/h7,9H,5-6,8H2,1-4H3,(H,18,20)(H2,16,17,19). The average Bonchev–Trinajstić information content (AvgIpc) is 2.81. The molecule has 8 heteroatoms. The first-order valence-corrected chi connectivity index (χ1v) is 8.61. The number of hydrogen-bond acceptors (Lipinski definition) is 4. The van der Waals surface area contributed by atoms with E-state index in [0.717, 1.165) is 4.47 Å². The van der Waals surface area contributed by atoms with E-state index < -0.39 is 11.7 Å². The number of amides is 1. The maximum Gasteiger partial charge on any atom is 0.407 e. The van der Waals surface area contributed by atoms with Gasteiger partial charge in [0.15, 0.2) is 5.96 Å². The minimum Gasteiger partial charge on any atom is -0.444 e. The van der Waals surface area contributed by atoms with Crippen molar-refractivity contribution in [2.45, 2.75) is 32.9 Å². The first-order chi connectivity index (χ1) is 10.3. The van der Waals surface area contributed by atoms with Crippen LogP contribution in [0.15, 0.2) is 20.9 Å². The van der Waals surface area contributed by atoms with Crippen LogP contribution in [0.4, 0.5) is 4.79 Å². The molecule has 0 bridgehead atoms. The van der Waals surface area contributed by atoms with E-state index in [1.54, 1.807) is 18.4 Å². The molecule has 0 saturated carbocycles. The zero-order chi connectivity index (χ0) is 16.6. The molecule has 1 heterocycles. The Hall–Kier alpha value is -1.28. The number of guanidine groups is 1. The molecular formula is C14H23BrN4O2S. The van der Waals surface area contributed by atoms with Crippen LogP contribution in [-0.4, -0.2) is 37.8 Å². The van der Waals surface area contributed by atoms with Crippen molar-refractivity contribution < 1.29 is 9.53 Å². The van der Waals surface area contributed by atoms with Gasteiger partial charge in [0.2, 0.25) is 0 Å². The van der Waals surface area contributed by atoms with Gasteiger partial charge in [-0.3, -0.25) is 4.99 Å². The number of alkyl carbamates (subject to hydrolysis) is 1. The molecule has 0 aliphatic rings. The number of carbonyl (C=O) groups excluding carboxylic acids is 1. The predicted octanol–water partition coefficient (Wildman–Crippen LogP) is 2.70. The third kappa shape index (κ3) is 8.23. The number of thiophene rings is 1. The van der Waals surface area contributed by atoms with Crippen LogP contribution in [0.2, 0.25) is 0 Å². The second kappa shape index (κ2) is 8.99. The van der Waals surface area contributed by atoms with E-state index in [1.807, 2.05) is 26.2 Å². The lowest BCUT2D eigenvalue weighted by atomic mass is 10.2. The lowest BCUT2D eigenvalue weighted by Gasteiger charge is -2.19. The van der Waals surface area contributed by atoms with E-state index in [1.165, 1.54) is 4.88 Å². The van der Waals surface area contributed by atoms with Crippen LogP contribution in [0.1, 0.15) is 25.6 Å². The molecule has 0 aliphatic heterocycles. The van der Waals surface area contributed by atoms with Crippen molar-refractivity contribution in [3.63, 3.8) is 0 Å². The van der Waals surface area contributed by atoms with Crippen LogP contribution >= 0.6 is 27.3 Å². The van der Waals surface area contributed by atoms with Crippen molar-refractivity contribution in [3.8, 4) is 0 Å². The summed E-state index contributed by atoms with van der Waals surface area (Å²) >= 11 is 5.10. The fourth-order valence-electron chi connectivity index (χ4n) is 1.50. The molecule has 124 valence electrons. The first-order valence-electron chi connectivity index (χ1n) is 6.94. The van der Waals surface area contributed by atoms with Crippen molar-refractivity contribution in [1.29, 1.82) is 0 Å². The number of halogens is 1. The van der Waals surface area contributed by atoms with Gasteiger partial charge in [0.1, 0.15) is 5.60 Å². The molecule has 0 spiro atoms. The molecule has 0 saturated heterocycles. The molecule has 0 aliphatic carbocycles. The molecule has 0 fully saturated rings. The molecule has 1 amide bonds. The van der Waals surface area contributed by atoms with Gasteiger partial charge in [-0.15, -0.1) is 11.3 Å². The Bertz CT molecular complexity index is 511. The molecule has 0 aromatic carbocycles. The number of hydrogen-bond donors (Lipinski definition) is 3. The Balaban J connectivity index is 2.20. The Labute approximate surface area is 143 Å². The molecule has 6 nitrogen and oxygen atoms in total. The van der Waals surface area contributed by atoms with Gasteiger partial charge in [0.25, 0.3) is 0 Å². The Kier molecular flexibility index (Phi) is 7.67. The van der Waals surface area contributed by atoms with Crippen LogP contribution in [0, 0.1) is 0 Å². The minimum atomic E-state index is -0.482. The molecule has 1 rings (SSSR count). The van der Waals surface area contributed by atoms with Gasteiger partial charge in [-0.25, -0.2) is 4.79 Å². The zero-order valence-corrected chi connectivity index (χ0v) is 15.7. The largest absolute Gasteiger partial charge is 0.444 e. The predicted molar refractivity (Wildman–Crippen MR) is 94.5 cm³/mol. The Morgan fingerprint density at radius 2 is 2.00 bits per heavy atom. The van der Waals surface area contributed by atoms with E-state index in [4.69, 9.17) is 4.74 Å². The number of carbonyl (C=O) groups is 1. The van der Waals surface area contributed by atoms with E-state index in [0.29, 0.717) is 25.6 Å². The van der Waals surface area contributed by atoms with Gasteiger partial charge in [-0.05, 0) is 42.8 Å². The second-order valence-corrected chi connectivity index (χ2v) is 7.42. The van der Waals surface area contributed by atoms with E-state index in [2.05, 4.69) is 42.9 Å². The highest BCUT2D eigenvalue weighted by Gasteiger charge is 2.15. The number of rotatable bonds is 5. The van der Waals surface area contributed by atoms with Gasteiger partial charge < -0.3 is 20.7 Å². The van der Waals surface area contributed by atoms with Crippen molar-refractivity contribution in [2.75, 3.05) is 20.1 Å². The summed E-state index contributed by atoms with van der Waals surface area (Å²) in [4.78, 5) is 16.8. The highest BCUT2D eigenvalue weighted by atomic mass is 79.9. The molecule has 1 aromatic rings. The zero-order valence-electron chi connectivity index (χ0n) is 13.3. The van der Waals surface area contributed by atoms with Crippen LogP contribution < -0.4 is 16.0 Å². The lowest BCUT2D eigenvalue weighted by Crippen LogP contribution is -2.42. The SMILES string of the molecule is CN=C(NCCNC(=O)OC(C)(C)C)NCc1cc(Br)cs1. The quantitative estimate of drug-likeness (QED) is 0.410. The Morgan fingerprint density at radius 1 is 1.32 bits per heavy atom. The molecule has 3 N–H and O–H groups in total. The van der Waals surface area contributed by atoms with Gasteiger partial charge in [0, 0.05) is 34.9 Å². The number of nitrogens with zero attached hydrogens (tertiary/aromatic N) is 1. The van der Waals surface area contributed by atoms with Crippen LogP contribution in [-0.2, 0) is 11.3 Å². The Morgan fingerprint density at radius 3 is 2.55 bits per heavy atom. The third-order valence-corrected chi connectivity index (χ3v) is 4.06. The maximum absolute atomic E-state index is 11.5.